The van der Waals surface area contributed by atoms with E-state index in [1.807, 2.05) is 41.3 Å². The molecule has 2 aromatic carbocycles. The molecule has 4 rings (SSSR count). The third-order valence-corrected chi connectivity index (χ3v) is 5.53. The quantitative estimate of drug-likeness (QED) is 0.647. The van der Waals surface area contributed by atoms with Crippen LogP contribution in [-0.4, -0.2) is 35.8 Å². The standard InChI is InChI=1S/C23H25N3O3.ClH/c1-15-10-17(13-24)14-26(15)22(27)11-16-6-8-19(9-7-16)25-23(28)21-12-18-4-2-3-5-20(18)29-21;/h2-9,12,15,17H,10-11,13-14,24H2,1H3,(H,25,28);1H. The van der Waals surface area contributed by atoms with Gasteiger partial charge in [-0.1, -0.05) is 30.3 Å². The maximum atomic E-state index is 12.6. The van der Waals surface area contributed by atoms with Crippen molar-refractivity contribution in [1.29, 1.82) is 0 Å². The molecule has 1 aromatic heterocycles. The number of nitrogens with zero attached hydrogens (tertiary/aromatic N) is 1. The molecule has 2 unspecified atom stereocenters. The third kappa shape index (κ3) is 4.66. The number of carbonyl (C=O) groups is 2. The Labute approximate surface area is 181 Å². The maximum absolute atomic E-state index is 12.6. The summed E-state index contributed by atoms with van der Waals surface area (Å²) in [5.41, 5.74) is 8.01. The third-order valence-electron chi connectivity index (χ3n) is 5.53. The van der Waals surface area contributed by atoms with Crippen LogP contribution < -0.4 is 11.1 Å². The second-order valence-electron chi connectivity index (χ2n) is 7.71. The lowest BCUT2D eigenvalue weighted by molar-refractivity contribution is -0.131. The van der Waals surface area contributed by atoms with E-state index in [4.69, 9.17) is 10.2 Å². The number of furan rings is 1. The van der Waals surface area contributed by atoms with Crippen molar-refractivity contribution in [1.82, 2.24) is 4.90 Å². The van der Waals surface area contributed by atoms with Gasteiger partial charge in [-0.3, -0.25) is 9.59 Å². The number of hydrogen-bond acceptors (Lipinski definition) is 4. The molecule has 1 aliphatic heterocycles. The molecule has 0 spiro atoms. The van der Waals surface area contributed by atoms with Crippen LogP contribution in [0.25, 0.3) is 11.0 Å². The summed E-state index contributed by atoms with van der Waals surface area (Å²) in [5, 5.41) is 3.72. The van der Waals surface area contributed by atoms with Crippen LogP contribution in [0.15, 0.2) is 59.0 Å². The highest BCUT2D eigenvalue weighted by atomic mass is 35.5. The SMILES string of the molecule is CC1CC(CN)CN1C(=O)Cc1ccc(NC(=O)c2cc3ccccc3o2)cc1.Cl. The summed E-state index contributed by atoms with van der Waals surface area (Å²) in [6.07, 6.45) is 1.31. The number of fused-ring (bicyclic) bond motifs is 1. The van der Waals surface area contributed by atoms with Crippen molar-refractivity contribution >= 4 is 40.9 Å². The Morgan fingerprint density at radius 1 is 1.17 bits per heavy atom. The molecular weight excluding hydrogens is 402 g/mol. The van der Waals surface area contributed by atoms with Crippen molar-refractivity contribution in [3.05, 3.63) is 65.9 Å². The summed E-state index contributed by atoms with van der Waals surface area (Å²) in [6.45, 7) is 3.43. The van der Waals surface area contributed by atoms with Gasteiger partial charge in [0, 0.05) is 23.7 Å². The van der Waals surface area contributed by atoms with Gasteiger partial charge in [-0.2, -0.15) is 0 Å². The van der Waals surface area contributed by atoms with Gasteiger partial charge in [0.25, 0.3) is 5.91 Å². The molecule has 0 bridgehead atoms. The van der Waals surface area contributed by atoms with E-state index in [2.05, 4.69) is 12.2 Å². The first kappa shape index (κ1) is 21.9. The molecule has 0 saturated carbocycles. The first-order valence-corrected chi connectivity index (χ1v) is 9.92. The second-order valence-corrected chi connectivity index (χ2v) is 7.71. The summed E-state index contributed by atoms with van der Waals surface area (Å²) in [7, 11) is 0. The summed E-state index contributed by atoms with van der Waals surface area (Å²) >= 11 is 0. The number of para-hydroxylation sites is 1. The van der Waals surface area contributed by atoms with Gasteiger partial charge in [0.2, 0.25) is 5.91 Å². The number of likely N-dealkylation sites (tertiary alicyclic amines) is 1. The first-order chi connectivity index (χ1) is 14.0. The smallest absolute Gasteiger partial charge is 0.291 e. The van der Waals surface area contributed by atoms with Crippen molar-refractivity contribution in [3.63, 3.8) is 0 Å². The van der Waals surface area contributed by atoms with Crippen molar-refractivity contribution in [3.8, 4) is 0 Å². The zero-order valence-corrected chi connectivity index (χ0v) is 17.7. The van der Waals surface area contributed by atoms with Crippen LogP contribution in [-0.2, 0) is 11.2 Å². The summed E-state index contributed by atoms with van der Waals surface area (Å²) in [6, 6.07) is 16.8. The van der Waals surface area contributed by atoms with Gasteiger partial charge in [0.05, 0.1) is 6.42 Å². The Kier molecular flexibility index (Phi) is 6.80. The van der Waals surface area contributed by atoms with E-state index >= 15 is 0 Å². The first-order valence-electron chi connectivity index (χ1n) is 9.92. The molecular formula is C23H26ClN3O3. The fourth-order valence-electron chi connectivity index (χ4n) is 3.93. The Hall–Kier alpha value is -2.83. The minimum atomic E-state index is -0.302. The molecule has 3 N–H and O–H groups in total. The molecule has 7 heteroatoms. The van der Waals surface area contributed by atoms with Gasteiger partial charge >= 0.3 is 0 Å². The normalized spacial score (nSPS) is 18.3. The lowest BCUT2D eigenvalue weighted by Crippen LogP contribution is -2.35. The summed E-state index contributed by atoms with van der Waals surface area (Å²) < 4.78 is 5.59. The van der Waals surface area contributed by atoms with E-state index < -0.39 is 0 Å². The number of anilines is 1. The molecule has 2 amide bonds. The van der Waals surface area contributed by atoms with Gasteiger partial charge in [-0.05, 0) is 55.6 Å². The highest BCUT2D eigenvalue weighted by Gasteiger charge is 2.31. The number of rotatable bonds is 5. The van der Waals surface area contributed by atoms with Crippen molar-refractivity contribution < 1.29 is 14.0 Å². The molecule has 1 saturated heterocycles. The van der Waals surface area contributed by atoms with Crippen LogP contribution in [0, 0.1) is 5.92 Å². The molecule has 3 aromatic rings. The molecule has 158 valence electrons. The van der Waals surface area contributed by atoms with Gasteiger partial charge in [-0.25, -0.2) is 0 Å². The fourth-order valence-corrected chi connectivity index (χ4v) is 3.93. The van der Waals surface area contributed by atoms with Gasteiger partial charge in [-0.15, -0.1) is 12.4 Å². The number of benzene rings is 2. The van der Waals surface area contributed by atoms with Gasteiger partial charge in [0.15, 0.2) is 5.76 Å². The molecule has 0 aliphatic carbocycles. The Balaban J connectivity index is 0.00000256. The number of hydrogen-bond donors (Lipinski definition) is 2. The van der Waals surface area contributed by atoms with Crippen LogP contribution >= 0.6 is 12.4 Å². The number of halogens is 1. The molecule has 2 atom stereocenters. The van der Waals surface area contributed by atoms with E-state index in [1.54, 1.807) is 18.2 Å². The minimum absolute atomic E-state index is 0. The summed E-state index contributed by atoms with van der Waals surface area (Å²) in [4.78, 5) is 27.0. The predicted molar refractivity (Wildman–Crippen MR) is 120 cm³/mol. The molecule has 1 aliphatic rings. The Bertz CT molecular complexity index is 999. The van der Waals surface area contributed by atoms with Crippen molar-refractivity contribution in [2.45, 2.75) is 25.8 Å². The second kappa shape index (κ2) is 9.32. The van der Waals surface area contributed by atoms with E-state index in [9.17, 15) is 9.59 Å². The topological polar surface area (TPSA) is 88.6 Å². The van der Waals surface area contributed by atoms with Crippen LogP contribution in [0.2, 0.25) is 0 Å². The highest BCUT2D eigenvalue weighted by Crippen LogP contribution is 2.24. The maximum Gasteiger partial charge on any atom is 0.291 e. The van der Waals surface area contributed by atoms with Crippen molar-refractivity contribution in [2.24, 2.45) is 11.7 Å². The van der Waals surface area contributed by atoms with Gasteiger partial charge in [0.1, 0.15) is 5.58 Å². The average molecular weight is 428 g/mol. The molecule has 1 fully saturated rings. The van der Waals surface area contributed by atoms with E-state index in [0.717, 1.165) is 23.9 Å². The highest BCUT2D eigenvalue weighted by molar-refractivity contribution is 6.04. The zero-order chi connectivity index (χ0) is 20.4. The number of nitrogens with one attached hydrogen (secondary N) is 1. The molecule has 6 nitrogen and oxygen atoms in total. The van der Waals surface area contributed by atoms with E-state index in [1.165, 1.54) is 0 Å². The Morgan fingerprint density at radius 3 is 2.57 bits per heavy atom. The van der Waals surface area contributed by atoms with E-state index in [0.29, 0.717) is 30.2 Å². The van der Waals surface area contributed by atoms with Gasteiger partial charge < -0.3 is 20.4 Å². The predicted octanol–water partition coefficient (Wildman–Crippen LogP) is 3.85. The van der Waals surface area contributed by atoms with E-state index in [-0.39, 0.29) is 36.0 Å². The molecule has 30 heavy (non-hydrogen) atoms. The van der Waals surface area contributed by atoms with Crippen LogP contribution in [0.3, 0.4) is 0 Å². The lowest BCUT2D eigenvalue weighted by Gasteiger charge is -2.21. The summed E-state index contributed by atoms with van der Waals surface area (Å²) in [5.74, 6) is 0.476. The largest absolute Gasteiger partial charge is 0.451 e. The Morgan fingerprint density at radius 2 is 1.90 bits per heavy atom. The lowest BCUT2D eigenvalue weighted by atomic mass is 10.1. The number of amides is 2. The average Bonchev–Trinajstić information content (AvgIpc) is 3.32. The fraction of sp³-hybridized carbons (Fsp3) is 0.304. The van der Waals surface area contributed by atoms with Crippen molar-refractivity contribution in [2.75, 3.05) is 18.4 Å². The molecule has 0 radical (unpaired) electrons. The molecule has 2 heterocycles. The minimum Gasteiger partial charge on any atom is -0.451 e. The van der Waals surface area contributed by atoms with Crippen LogP contribution in [0.4, 0.5) is 5.69 Å². The zero-order valence-electron chi connectivity index (χ0n) is 16.8. The number of nitrogens with two attached hydrogens (primary N) is 1. The number of carbonyl (C=O) groups excluding carboxylic acids is 2. The van der Waals surface area contributed by atoms with Crippen LogP contribution in [0.1, 0.15) is 29.5 Å². The monoisotopic (exact) mass is 427 g/mol. The van der Waals surface area contributed by atoms with Crippen LogP contribution in [0.5, 0.6) is 0 Å².